The summed E-state index contributed by atoms with van der Waals surface area (Å²) in [5.74, 6) is -0.478. The van der Waals surface area contributed by atoms with Crippen LogP contribution in [0.1, 0.15) is 12.5 Å². The van der Waals surface area contributed by atoms with Crippen LogP contribution in [0.15, 0.2) is 70.4 Å². The maximum absolute atomic E-state index is 11.8. The predicted octanol–water partition coefficient (Wildman–Crippen LogP) is 3.98. The van der Waals surface area contributed by atoms with Gasteiger partial charge in [0.1, 0.15) is 0 Å². The lowest BCUT2D eigenvalue weighted by Crippen LogP contribution is -2.10. The number of carbonyl (C=O) groups excluding carboxylic acids is 1. The molecule has 4 heteroatoms. The van der Waals surface area contributed by atoms with Crippen LogP contribution in [0.3, 0.4) is 0 Å². The molecule has 0 fully saturated rings. The highest BCUT2D eigenvalue weighted by molar-refractivity contribution is 9.10. The molecule has 0 heterocycles. The number of benzene rings is 1. The molecule has 0 atom stereocenters. The number of nitrogens with two attached hydrogens (primary N) is 1. The summed E-state index contributed by atoms with van der Waals surface area (Å²) in [4.78, 5) is 11.8. The summed E-state index contributed by atoms with van der Waals surface area (Å²) in [5, 5.41) is 0. The topological polar surface area (TPSA) is 52.3 Å². The largest absolute Gasteiger partial charge is 0.465 e. The van der Waals surface area contributed by atoms with Gasteiger partial charge >= 0.3 is 5.97 Å². The first-order chi connectivity index (χ1) is 9.97. The van der Waals surface area contributed by atoms with Crippen LogP contribution in [0, 0.1) is 0 Å². The SMILES string of the molecule is C=C\C(C)=C/C(C(=O)OC)=C(N)/C=C/c1ccc(Br)cc1. The van der Waals surface area contributed by atoms with Gasteiger partial charge in [-0.3, -0.25) is 0 Å². The van der Waals surface area contributed by atoms with E-state index in [-0.39, 0.29) is 0 Å². The summed E-state index contributed by atoms with van der Waals surface area (Å²) in [5.41, 5.74) is 8.44. The molecular formula is C17H18BrNO2. The minimum Gasteiger partial charge on any atom is -0.465 e. The third kappa shape index (κ3) is 5.44. The van der Waals surface area contributed by atoms with Crippen LogP contribution in [0.2, 0.25) is 0 Å². The Hall–Kier alpha value is -2.07. The molecule has 1 aromatic rings. The van der Waals surface area contributed by atoms with Gasteiger partial charge in [0.2, 0.25) is 0 Å². The molecule has 2 N–H and O–H groups in total. The number of hydrogen-bond acceptors (Lipinski definition) is 3. The summed E-state index contributed by atoms with van der Waals surface area (Å²) >= 11 is 3.38. The van der Waals surface area contributed by atoms with Crippen molar-refractivity contribution < 1.29 is 9.53 Å². The van der Waals surface area contributed by atoms with Crippen LogP contribution in [0.25, 0.3) is 6.08 Å². The molecule has 0 aliphatic rings. The van der Waals surface area contributed by atoms with E-state index in [0.717, 1.165) is 15.6 Å². The number of esters is 1. The van der Waals surface area contributed by atoms with Gasteiger partial charge in [-0.2, -0.15) is 0 Å². The molecule has 1 rings (SSSR count). The summed E-state index contributed by atoms with van der Waals surface area (Å²) in [6.45, 7) is 5.49. The highest BCUT2D eigenvalue weighted by Crippen LogP contribution is 2.14. The van der Waals surface area contributed by atoms with E-state index in [0.29, 0.717) is 11.3 Å². The Morgan fingerprint density at radius 2 is 1.95 bits per heavy atom. The van der Waals surface area contributed by atoms with Gasteiger partial charge in [-0.1, -0.05) is 52.4 Å². The molecule has 21 heavy (non-hydrogen) atoms. The molecule has 0 unspecified atom stereocenters. The molecule has 0 spiro atoms. The second-order valence-electron chi connectivity index (χ2n) is 4.34. The maximum Gasteiger partial charge on any atom is 0.339 e. The summed E-state index contributed by atoms with van der Waals surface area (Å²) in [7, 11) is 1.32. The van der Waals surface area contributed by atoms with Gasteiger partial charge in [0.25, 0.3) is 0 Å². The summed E-state index contributed by atoms with van der Waals surface area (Å²) < 4.78 is 5.75. The van der Waals surface area contributed by atoms with Crippen LogP contribution in [0.4, 0.5) is 0 Å². The minimum absolute atomic E-state index is 0.309. The number of allylic oxidation sites excluding steroid dienone is 3. The zero-order valence-corrected chi connectivity index (χ0v) is 13.7. The molecular weight excluding hydrogens is 330 g/mol. The second-order valence-corrected chi connectivity index (χ2v) is 5.25. The Labute approximate surface area is 133 Å². The van der Waals surface area contributed by atoms with Gasteiger partial charge in [0, 0.05) is 10.2 Å². The minimum atomic E-state index is -0.478. The highest BCUT2D eigenvalue weighted by Gasteiger charge is 2.10. The quantitative estimate of drug-likeness (QED) is 0.497. The van der Waals surface area contributed by atoms with Crippen molar-refractivity contribution in [1.82, 2.24) is 0 Å². The third-order valence-electron chi connectivity index (χ3n) is 2.74. The van der Waals surface area contributed by atoms with E-state index >= 15 is 0 Å². The number of carbonyl (C=O) groups is 1. The van der Waals surface area contributed by atoms with E-state index in [1.807, 2.05) is 37.3 Å². The lowest BCUT2D eigenvalue weighted by atomic mass is 10.1. The monoisotopic (exact) mass is 347 g/mol. The first kappa shape index (κ1) is 17.0. The van der Waals surface area contributed by atoms with Crippen molar-refractivity contribution in [2.45, 2.75) is 6.92 Å². The molecule has 0 aromatic heterocycles. The average molecular weight is 348 g/mol. The van der Waals surface area contributed by atoms with Gasteiger partial charge in [-0.05, 0) is 36.8 Å². The van der Waals surface area contributed by atoms with Crippen molar-refractivity contribution in [2.24, 2.45) is 5.73 Å². The molecule has 0 bridgehead atoms. The Bertz CT molecular complexity index is 610. The second kappa shape index (κ2) is 8.27. The van der Waals surface area contributed by atoms with Gasteiger partial charge < -0.3 is 10.5 Å². The van der Waals surface area contributed by atoms with Crippen molar-refractivity contribution in [3.05, 3.63) is 76.0 Å². The van der Waals surface area contributed by atoms with Crippen LogP contribution in [0.5, 0.6) is 0 Å². The molecule has 0 amide bonds. The number of hydrogen-bond donors (Lipinski definition) is 1. The lowest BCUT2D eigenvalue weighted by Gasteiger charge is -2.04. The van der Waals surface area contributed by atoms with E-state index in [1.54, 1.807) is 18.2 Å². The van der Waals surface area contributed by atoms with E-state index in [2.05, 4.69) is 22.5 Å². The molecule has 0 aliphatic carbocycles. The van der Waals surface area contributed by atoms with Crippen molar-refractivity contribution in [1.29, 1.82) is 0 Å². The van der Waals surface area contributed by atoms with E-state index in [9.17, 15) is 4.79 Å². The summed E-state index contributed by atoms with van der Waals surface area (Å²) in [6, 6.07) is 7.75. The fraction of sp³-hybridized carbons (Fsp3) is 0.118. The Kier molecular flexibility index (Phi) is 6.69. The molecule has 0 saturated heterocycles. The molecule has 0 radical (unpaired) electrons. The van der Waals surface area contributed by atoms with Crippen molar-refractivity contribution in [2.75, 3.05) is 7.11 Å². The summed E-state index contributed by atoms with van der Waals surface area (Å²) in [6.07, 6.45) is 6.82. The van der Waals surface area contributed by atoms with Gasteiger partial charge in [0.15, 0.2) is 0 Å². The van der Waals surface area contributed by atoms with Crippen molar-refractivity contribution in [3.8, 4) is 0 Å². The lowest BCUT2D eigenvalue weighted by molar-refractivity contribution is -0.135. The Morgan fingerprint density at radius 1 is 1.33 bits per heavy atom. The number of ether oxygens (including phenoxy) is 1. The number of halogens is 1. The molecule has 1 aromatic carbocycles. The molecule has 3 nitrogen and oxygen atoms in total. The Balaban J connectivity index is 3.12. The van der Waals surface area contributed by atoms with Gasteiger partial charge in [0.05, 0.1) is 12.7 Å². The molecule has 0 saturated carbocycles. The first-order valence-electron chi connectivity index (χ1n) is 6.30. The molecule has 110 valence electrons. The zero-order chi connectivity index (χ0) is 15.8. The van der Waals surface area contributed by atoms with Gasteiger partial charge in [-0.25, -0.2) is 4.79 Å². The first-order valence-corrected chi connectivity index (χ1v) is 7.09. The van der Waals surface area contributed by atoms with Crippen LogP contribution in [-0.2, 0) is 9.53 Å². The highest BCUT2D eigenvalue weighted by atomic mass is 79.9. The van der Waals surface area contributed by atoms with E-state index < -0.39 is 5.97 Å². The van der Waals surface area contributed by atoms with Crippen LogP contribution < -0.4 is 5.73 Å². The predicted molar refractivity (Wildman–Crippen MR) is 90.4 cm³/mol. The fourth-order valence-corrected chi connectivity index (χ4v) is 1.77. The Morgan fingerprint density at radius 3 is 2.48 bits per heavy atom. The third-order valence-corrected chi connectivity index (χ3v) is 3.26. The zero-order valence-electron chi connectivity index (χ0n) is 12.1. The van der Waals surface area contributed by atoms with Crippen LogP contribution in [-0.4, -0.2) is 13.1 Å². The van der Waals surface area contributed by atoms with Crippen molar-refractivity contribution >= 4 is 28.0 Å². The average Bonchev–Trinajstić information content (AvgIpc) is 2.50. The van der Waals surface area contributed by atoms with Crippen LogP contribution >= 0.6 is 15.9 Å². The van der Waals surface area contributed by atoms with Gasteiger partial charge in [-0.15, -0.1) is 0 Å². The van der Waals surface area contributed by atoms with Crippen molar-refractivity contribution in [3.63, 3.8) is 0 Å². The smallest absolute Gasteiger partial charge is 0.339 e. The normalized spacial score (nSPS) is 13.0. The fourth-order valence-electron chi connectivity index (χ4n) is 1.51. The number of rotatable bonds is 5. The maximum atomic E-state index is 11.8. The van der Waals surface area contributed by atoms with E-state index in [1.165, 1.54) is 7.11 Å². The van der Waals surface area contributed by atoms with E-state index in [4.69, 9.17) is 10.5 Å². The standard InChI is InChI=1S/C17H18BrNO2/c1-4-12(2)11-15(17(20)21-3)16(19)10-7-13-5-8-14(18)9-6-13/h4-11H,1,19H2,2-3H3/b10-7+,12-11-,16-15+. The number of methoxy groups -OCH3 is 1. The molecule has 0 aliphatic heterocycles.